The number of hydrogen-bond acceptors (Lipinski definition) is 0. The minimum Gasteiger partial charge on any atom is -0.0993 e. The van der Waals surface area contributed by atoms with Gasteiger partial charge in [-0.2, -0.15) is 0 Å². The molecule has 0 saturated heterocycles. The lowest BCUT2D eigenvalue weighted by Gasteiger charge is -2.18. The Kier molecular flexibility index (Phi) is 5.66. The summed E-state index contributed by atoms with van der Waals surface area (Å²) < 4.78 is 0. The summed E-state index contributed by atoms with van der Waals surface area (Å²) in [4.78, 5) is 0. The van der Waals surface area contributed by atoms with Gasteiger partial charge in [0.2, 0.25) is 0 Å². The standard InChI is InChI=1S/C14H24/c1-3-4-5-7-10-13(2)14-11-8-6-9-12-14/h8,11,14H,2-7,9-10,12H2,1H3. The molecule has 0 heteroatoms. The van der Waals surface area contributed by atoms with Gasteiger partial charge in [0.1, 0.15) is 0 Å². The maximum Gasteiger partial charge on any atom is -0.00259 e. The van der Waals surface area contributed by atoms with Crippen molar-refractivity contribution in [2.45, 2.75) is 58.3 Å². The average molecular weight is 192 g/mol. The molecule has 0 aliphatic heterocycles. The van der Waals surface area contributed by atoms with Crippen LogP contribution in [0.4, 0.5) is 0 Å². The van der Waals surface area contributed by atoms with Crippen molar-refractivity contribution in [1.29, 1.82) is 0 Å². The Hall–Kier alpha value is -0.520. The third-order valence-electron chi connectivity index (χ3n) is 3.13. The van der Waals surface area contributed by atoms with E-state index < -0.39 is 0 Å². The highest BCUT2D eigenvalue weighted by molar-refractivity contribution is 5.11. The first-order chi connectivity index (χ1) is 6.84. The van der Waals surface area contributed by atoms with Gasteiger partial charge in [-0.1, -0.05) is 50.5 Å². The number of allylic oxidation sites excluding steroid dienone is 3. The van der Waals surface area contributed by atoms with E-state index in [0.717, 1.165) is 0 Å². The van der Waals surface area contributed by atoms with Crippen LogP contribution in [-0.4, -0.2) is 0 Å². The number of rotatable bonds is 6. The Labute approximate surface area is 89.1 Å². The maximum atomic E-state index is 4.22. The van der Waals surface area contributed by atoms with Crippen LogP contribution < -0.4 is 0 Å². The molecule has 0 spiro atoms. The molecular formula is C14H24. The van der Waals surface area contributed by atoms with E-state index in [1.54, 1.807) is 0 Å². The fourth-order valence-corrected chi connectivity index (χ4v) is 2.12. The van der Waals surface area contributed by atoms with Crippen molar-refractivity contribution < 1.29 is 0 Å². The van der Waals surface area contributed by atoms with Gasteiger partial charge in [0, 0.05) is 0 Å². The van der Waals surface area contributed by atoms with Crippen molar-refractivity contribution in [2.24, 2.45) is 5.92 Å². The molecule has 80 valence electrons. The topological polar surface area (TPSA) is 0 Å². The summed E-state index contributed by atoms with van der Waals surface area (Å²) in [7, 11) is 0. The monoisotopic (exact) mass is 192 g/mol. The van der Waals surface area contributed by atoms with Crippen molar-refractivity contribution in [3.63, 3.8) is 0 Å². The molecule has 0 radical (unpaired) electrons. The molecule has 0 aromatic carbocycles. The van der Waals surface area contributed by atoms with Gasteiger partial charge in [-0.3, -0.25) is 0 Å². The molecule has 0 aromatic rings. The van der Waals surface area contributed by atoms with E-state index in [-0.39, 0.29) is 0 Å². The SMILES string of the molecule is C=C(CCCCCC)C1C=CCCC1. The van der Waals surface area contributed by atoms with E-state index >= 15 is 0 Å². The normalized spacial score (nSPS) is 21.1. The summed E-state index contributed by atoms with van der Waals surface area (Å²) in [6, 6.07) is 0. The summed E-state index contributed by atoms with van der Waals surface area (Å²) in [6.45, 7) is 6.49. The summed E-state index contributed by atoms with van der Waals surface area (Å²) >= 11 is 0. The molecule has 0 nitrogen and oxygen atoms in total. The van der Waals surface area contributed by atoms with Crippen molar-refractivity contribution >= 4 is 0 Å². The van der Waals surface area contributed by atoms with Gasteiger partial charge >= 0.3 is 0 Å². The van der Waals surface area contributed by atoms with Crippen LogP contribution in [-0.2, 0) is 0 Å². The van der Waals surface area contributed by atoms with E-state index in [9.17, 15) is 0 Å². The first kappa shape index (κ1) is 11.6. The molecule has 14 heavy (non-hydrogen) atoms. The van der Waals surface area contributed by atoms with Gasteiger partial charge in [0.05, 0.1) is 0 Å². The smallest absolute Gasteiger partial charge is 0.00259 e. The van der Waals surface area contributed by atoms with Crippen LogP contribution in [0.5, 0.6) is 0 Å². The molecule has 1 unspecified atom stereocenters. The average Bonchev–Trinajstić information content (AvgIpc) is 2.25. The van der Waals surface area contributed by atoms with Crippen LogP contribution in [0.1, 0.15) is 58.3 Å². The van der Waals surface area contributed by atoms with Crippen molar-refractivity contribution in [1.82, 2.24) is 0 Å². The van der Waals surface area contributed by atoms with Crippen molar-refractivity contribution in [3.8, 4) is 0 Å². The molecule has 0 bridgehead atoms. The molecule has 1 atom stereocenters. The minimum atomic E-state index is 0.699. The fourth-order valence-electron chi connectivity index (χ4n) is 2.12. The number of hydrogen-bond donors (Lipinski definition) is 0. The van der Waals surface area contributed by atoms with Gasteiger partial charge in [0.15, 0.2) is 0 Å². The van der Waals surface area contributed by atoms with Gasteiger partial charge in [0.25, 0.3) is 0 Å². The van der Waals surface area contributed by atoms with Gasteiger partial charge in [-0.15, -0.1) is 0 Å². The lowest BCUT2D eigenvalue weighted by Crippen LogP contribution is -2.03. The van der Waals surface area contributed by atoms with E-state index in [4.69, 9.17) is 0 Å². The zero-order chi connectivity index (χ0) is 10.2. The van der Waals surface area contributed by atoms with Crippen LogP contribution in [0.25, 0.3) is 0 Å². The van der Waals surface area contributed by atoms with Crippen molar-refractivity contribution in [2.75, 3.05) is 0 Å². The lowest BCUT2D eigenvalue weighted by atomic mass is 9.87. The third-order valence-corrected chi connectivity index (χ3v) is 3.13. The van der Waals surface area contributed by atoms with Crippen LogP contribution in [0, 0.1) is 5.92 Å². The lowest BCUT2D eigenvalue weighted by molar-refractivity contribution is 0.568. The van der Waals surface area contributed by atoms with Gasteiger partial charge in [-0.25, -0.2) is 0 Å². The summed E-state index contributed by atoms with van der Waals surface area (Å²) in [5.41, 5.74) is 1.47. The fraction of sp³-hybridized carbons (Fsp3) is 0.714. The molecule has 1 aliphatic rings. The third kappa shape index (κ3) is 4.13. The minimum absolute atomic E-state index is 0.699. The van der Waals surface area contributed by atoms with Crippen LogP contribution in [0.3, 0.4) is 0 Å². The first-order valence-electron chi connectivity index (χ1n) is 6.19. The Morgan fingerprint density at radius 2 is 2.21 bits per heavy atom. The second kappa shape index (κ2) is 6.86. The molecule has 0 N–H and O–H groups in total. The van der Waals surface area contributed by atoms with E-state index in [2.05, 4.69) is 25.7 Å². The quantitative estimate of drug-likeness (QED) is 0.416. The van der Waals surface area contributed by atoms with Crippen LogP contribution in [0.15, 0.2) is 24.3 Å². The Morgan fingerprint density at radius 1 is 1.36 bits per heavy atom. The van der Waals surface area contributed by atoms with Crippen molar-refractivity contribution in [3.05, 3.63) is 24.3 Å². The second-order valence-electron chi connectivity index (χ2n) is 4.43. The highest BCUT2D eigenvalue weighted by atomic mass is 14.2. The summed E-state index contributed by atoms with van der Waals surface area (Å²) in [6.07, 6.45) is 15.3. The zero-order valence-corrected chi connectivity index (χ0v) is 9.60. The van der Waals surface area contributed by atoms with E-state index in [1.165, 1.54) is 56.9 Å². The first-order valence-corrected chi connectivity index (χ1v) is 6.19. The zero-order valence-electron chi connectivity index (χ0n) is 9.60. The Bertz CT molecular complexity index is 188. The van der Waals surface area contributed by atoms with Gasteiger partial charge < -0.3 is 0 Å². The molecule has 1 aliphatic carbocycles. The molecule has 0 saturated carbocycles. The Balaban J connectivity index is 2.14. The maximum absolute atomic E-state index is 4.22. The molecule has 0 aromatic heterocycles. The largest absolute Gasteiger partial charge is 0.0993 e. The number of unbranched alkanes of at least 4 members (excludes halogenated alkanes) is 3. The molecule has 0 amide bonds. The van der Waals surface area contributed by atoms with Crippen LogP contribution >= 0.6 is 0 Å². The predicted octanol–water partition coefficient (Wildman–Crippen LogP) is 4.87. The van der Waals surface area contributed by atoms with E-state index in [1.807, 2.05) is 0 Å². The molecule has 1 rings (SSSR count). The Morgan fingerprint density at radius 3 is 2.86 bits per heavy atom. The molecule has 0 heterocycles. The van der Waals surface area contributed by atoms with E-state index in [0.29, 0.717) is 5.92 Å². The molecule has 0 fully saturated rings. The predicted molar refractivity (Wildman–Crippen MR) is 64.4 cm³/mol. The van der Waals surface area contributed by atoms with Gasteiger partial charge in [-0.05, 0) is 38.0 Å². The summed E-state index contributed by atoms with van der Waals surface area (Å²) in [5, 5.41) is 0. The highest BCUT2D eigenvalue weighted by Crippen LogP contribution is 2.26. The van der Waals surface area contributed by atoms with Crippen LogP contribution in [0.2, 0.25) is 0 Å². The second-order valence-corrected chi connectivity index (χ2v) is 4.43. The molecular weight excluding hydrogens is 168 g/mol. The summed E-state index contributed by atoms with van der Waals surface area (Å²) in [5.74, 6) is 0.699. The highest BCUT2D eigenvalue weighted by Gasteiger charge is 2.10.